The number of nitrogens with one attached hydrogen (secondary N) is 1. The predicted octanol–water partition coefficient (Wildman–Crippen LogP) is 0.509. The Labute approximate surface area is 88.5 Å². The molecule has 1 fully saturated rings. The molecule has 1 saturated heterocycles. The molecule has 5 nitrogen and oxygen atoms in total. The topological polar surface area (TPSA) is 58.1 Å². The van der Waals surface area contributed by atoms with E-state index in [1.54, 1.807) is 13.1 Å². The van der Waals surface area contributed by atoms with E-state index in [0.29, 0.717) is 6.04 Å². The van der Waals surface area contributed by atoms with Gasteiger partial charge in [0.15, 0.2) is 0 Å². The number of amides is 1. The average Bonchev–Trinajstić information content (AvgIpc) is 2.68. The monoisotopic (exact) mass is 206 g/mol. The van der Waals surface area contributed by atoms with Gasteiger partial charge < -0.3 is 10.2 Å². The Morgan fingerprint density at radius 3 is 3.13 bits per heavy atom. The van der Waals surface area contributed by atoms with Gasteiger partial charge in [-0.1, -0.05) is 0 Å². The highest BCUT2D eigenvalue weighted by Gasteiger charge is 2.23. The molecule has 1 aromatic rings. The van der Waals surface area contributed by atoms with Crippen molar-refractivity contribution in [2.24, 2.45) is 0 Å². The van der Waals surface area contributed by atoms with Crippen LogP contribution in [0.1, 0.15) is 13.3 Å². The zero-order chi connectivity index (χ0) is 10.7. The molecule has 15 heavy (non-hydrogen) atoms. The Morgan fingerprint density at radius 2 is 2.53 bits per heavy atom. The van der Waals surface area contributed by atoms with Gasteiger partial charge in [-0.05, 0) is 12.5 Å². The molecule has 5 heteroatoms. The fourth-order valence-electron chi connectivity index (χ4n) is 1.75. The van der Waals surface area contributed by atoms with Gasteiger partial charge in [0.1, 0.15) is 12.1 Å². The molecule has 2 heterocycles. The van der Waals surface area contributed by atoms with Crippen molar-refractivity contribution in [3.63, 3.8) is 0 Å². The first-order chi connectivity index (χ1) is 7.25. The van der Waals surface area contributed by atoms with Crippen molar-refractivity contribution < 1.29 is 4.79 Å². The van der Waals surface area contributed by atoms with Gasteiger partial charge in [-0.15, -0.1) is 0 Å². The van der Waals surface area contributed by atoms with Gasteiger partial charge in [0.05, 0.1) is 0 Å². The first-order valence-corrected chi connectivity index (χ1v) is 5.04. The van der Waals surface area contributed by atoms with Crippen molar-refractivity contribution in [3.8, 4) is 0 Å². The number of aromatic nitrogens is 2. The zero-order valence-electron chi connectivity index (χ0n) is 8.68. The molecular formula is C10H14N4O. The molecule has 0 bridgehead atoms. The van der Waals surface area contributed by atoms with Gasteiger partial charge in [0.25, 0.3) is 0 Å². The normalized spacial score (nSPS) is 20.3. The highest BCUT2D eigenvalue weighted by atomic mass is 16.2. The molecule has 0 radical (unpaired) electrons. The van der Waals surface area contributed by atoms with E-state index in [2.05, 4.69) is 15.3 Å². The number of likely N-dealkylation sites (tertiary alicyclic amines) is 1. The van der Waals surface area contributed by atoms with Crippen LogP contribution in [0.4, 0.5) is 5.82 Å². The van der Waals surface area contributed by atoms with E-state index < -0.39 is 0 Å². The zero-order valence-corrected chi connectivity index (χ0v) is 8.68. The number of hydrogen-bond acceptors (Lipinski definition) is 4. The first-order valence-electron chi connectivity index (χ1n) is 5.04. The number of hydrogen-bond donors (Lipinski definition) is 1. The highest BCUT2D eigenvalue weighted by Crippen LogP contribution is 2.13. The van der Waals surface area contributed by atoms with E-state index in [1.165, 1.54) is 6.33 Å². The van der Waals surface area contributed by atoms with Gasteiger partial charge in [-0.25, -0.2) is 9.97 Å². The molecule has 0 spiro atoms. The number of nitrogens with zero attached hydrogens (tertiary/aromatic N) is 3. The minimum Gasteiger partial charge on any atom is -0.365 e. The van der Waals surface area contributed by atoms with Crippen molar-refractivity contribution in [3.05, 3.63) is 18.6 Å². The van der Waals surface area contributed by atoms with Crippen LogP contribution in [0.25, 0.3) is 0 Å². The number of carbonyl (C=O) groups excluding carboxylic acids is 1. The summed E-state index contributed by atoms with van der Waals surface area (Å²) in [6, 6.07) is 2.14. The molecule has 1 aromatic heterocycles. The average molecular weight is 206 g/mol. The van der Waals surface area contributed by atoms with E-state index in [0.717, 1.165) is 25.3 Å². The second-order valence-electron chi connectivity index (χ2n) is 3.69. The summed E-state index contributed by atoms with van der Waals surface area (Å²) in [6.07, 6.45) is 4.19. The minimum absolute atomic E-state index is 0.141. The summed E-state index contributed by atoms with van der Waals surface area (Å²) in [6.45, 7) is 3.20. The van der Waals surface area contributed by atoms with E-state index in [9.17, 15) is 4.79 Å². The molecule has 1 unspecified atom stereocenters. The van der Waals surface area contributed by atoms with Crippen LogP contribution < -0.4 is 5.32 Å². The van der Waals surface area contributed by atoms with Gasteiger partial charge in [0, 0.05) is 32.3 Å². The lowest BCUT2D eigenvalue weighted by atomic mass is 10.2. The van der Waals surface area contributed by atoms with Crippen molar-refractivity contribution in [2.75, 3.05) is 18.4 Å². The Balaban J connectivity index is 1.90. The Hall–Kier alpha value is -1.65. The minimum atomic E-state index is 0.141. The van der Waals surface area contributed by atoms with Crippen molar-refractivity contribution in [1.29, 1.82) is 0 Å². The Morgan fingerprint density at radius 1 is 1.67 bits per heavy atom. The summed E-state index contributed by atoms with van der Waals surface area (Å²) < 4.78 is 0. The number of carbonyl (C=O) groups is 1. The fourth-order valence-corrected chi connectivity index (χ4v) is 1.75. The summed E-state index contributed by atoms with van der Waals surface area (Å²) in [5.41, 5.74) is 0. The molecule has 1 aliphatic rings. The van der Waals surface area contributed by atoms with E-state index >= 15 is 0 Å². The van der Waals surface area contributed by atoms with Crippen LogP contribution >= 0.6 is 0 Å². The van der Waals surface area contributed by atoms with Gasteiger partial charge >= 0.3 is 0 Å². The fraction of sp³-hybridized carbons (Fsp3) is 0.500. The molecule has 1 N–H and O–H groups in total. The van der Waals surface area contributed by atoms with E-state index in [4.69, 9.17) is 0 Å². The van der Waals surface area contributed by atoms with E-state index in [-0.39, 0.29) is 5.91 Å². The molecule has 1 aliphatic heterocycles. The quantitative estimate of drug-likeness (QED) is 0.766. The summed E-state index contributed by atoms with van der Waals surface area (Å²) >= 11 is 0. The molecule has 0 saturated carbocycles. The molecule has 0 aromatic carbocycles. The van der Waals surface area contributed by atoms with Crippen LogP contribution in [-0.4, -0.2) is 39.9 Å². The maximum absolute atomic E-state index is 11.1. The summed E-state index contributed by atoms with van der Waals surface area (Å²) in [7, 11) is 0. The van der Waals surface area contributed by atoms with Crippen LogP contribution in [0.5, 0.6) is 0 Å². The lowest BCUT2D eigenvalue weighted by Gasteiger charge is -2.15. The second-order valence-corrected chi connectivity index (χ2v) is 3.69. The van der Waals surface area contributed by atoms with Gasteiger partial charge in [0.2, 0.25) is 5.91 Å². The summed E-state index contributed by atoms with van der Waals surface area (Å²) in [4.78, 5) is 20.9. The van der Waals surface area contributed by atoms with Crippen LogP contribution in [0, 0.1) is 0 Å². The SMILES string of the molecule is CC(=O)N1CCC(Nc2ccncn2)C1. The third kappa shape index (κ3) is 2.43. The molecule has 1 atom stereocenters. The predicted molar refractivity (Wildman–Crippen MR) is 56.3 cm³/mol. The third-order valence-electron chi connectivity index (χ3n) is 2.57. The van der Waals surface area contributed by atoms with E-state index in [1.807, 2.05) is 11.0 Å². The standard InChI is InChI=1S/C10H14N4O/c1-8(15)14-5-3-9(6-14)13-10-2-4-11-7-12-10/h2,4,7,9H,3,5-6H2,1H3,(H,11,12,13). The maximum atomic E-state index is 11.1. The van der Waals surface area contributed by atoms with Crippen LogP contribution in [0.15, 0.2) is 18.6 Å². The van der Waals surface area contributed by atoms with Gasteiger partial charge in [-0.3, -0.25) is 4.79 Å². The van der Waals surface area contributed by atoms with Crippen LogP contribution in [0.3, 0.4) is 0 Å². The highest BCUT2D eigenvalue weighted by molar-refractivity contribution is 5.73. The molecular weight excluding hydrogens is 192 g/mol. The van der Waals surface area contributed by atoms with Crippen molar-refractivity contribution in [2.45, 2.75) is 19.4 Å². The van der Waals surface area contributed by atoms with Crippen LogP contribution in [-0.2, 0) is 4.79 Å². The lowest BCUT2D eigenvalue weighted by Crippen LogP contribution is -2.29. The summed E-state index contributed by atoms with van der Waals surface area (Å²) in [5.74, 6) is 0.961. The molecule has 2 rings (SSSR count). The number of rotatable bonds is 2. The molecule has 0 aliphatic carbocycles. The first kappa shape index (κ1) is 9.89. The Kier molecular flexibility index (Phi) is 2.80. The van der Waals surface area contributed by atoms with Crippen molar-refractivity contribution in [1.82, 2.24) is 14.9 Å². The largest absolute Gasteiger partial charge is 0.365 e. The van der Waals surface area contributed by atoms with Gasteiger partial charge in [-0.2, -0.15) is 0 Å². The Bertz CT molecular complexity index is 341. The van der Waals surface area contributed by atoms with Crippen LogP contribution in [0.2, 0.25) is 0 Å². The second kappa shape index (κ2) is 4.25. The molecule has 80 valence electrons. The third-order valence-corrected chi connectivity index (χ3v) is 2.57. The lowest BCUT2D eigenvalue weighted by molar-refractivity contribution is -0.127. The smallest absolute Gasteiger partial charge is 0.219 e. The number of anilines is 1. The molecule has 1 amide bonds. The summed E-state index contributed by atoms with van der Waals surface area (Å²) in [5, 5.41) is 3.28. The van der Waals surface area contributed by atoms with Crippen molar-refractivity contribution >= 4 is 11.7 Å². The maximum Gasteiger partial charge on any atom is 0.219 e.